The van der Waals surface area contributed by atoms with E-state index in [1.807, 2.05) is 0 Å². The molecule has 0 radical (unpaired) electrons. The predicted octanol–water partition coefficient (Wildman–Crippen LogP) is 3.89. The van der Waals surface area contributed by atoms with E-state index >= 15 is 0 Å². The number of nitrogens with one attached hydrogen (secondary N) is 1. The topological polar surface area (TPSA) is 104 Å². The van der Waals surface area contributed by atoms with Gasteiger partial charge in [0.15, 0.2) is 0 Å². The van der Waals surface area contributed by atoms with Crippen molar-refractivity contribution < 1.29 is 23.4 Å². The zero-order valence-electron chi connectivity index (χ0n) is 16.3. The molecular weight excluding hydrogens is 458 g/mol. The van der Waals surface area contributed by atoms with Crippen LogP contribution in [-0.2, 0) is 20.2 Å². The van der Waals surface area contributed by atoms with Crippen LogP contribution in [0.3, 0.4) is 0 Å². The van der Waals surface area contributed by atoms with Gasteiger partial charge in [-0.15, -0.1) is 11.3 Å². The normalized spacial score (nSPS) is 22.9. The molecule has 3 N–H and O–H groups in total. The Morgan fingerprint density at radius 2 is 1.74 bits per heavy atom. The molecular formula is C22H20ClNO5S2. The number of hydrogen-bond acceptors (Lipinski definition) is 5. The van der Waals surface area contributed by atoms with E-state index in [2.05, 4.69) is 4.72 Å². The second-order valence-corrected chi connectivity index (χ2v) is 11.0. The highest BCUT2D eigenvalue weighted by molar-refractivity contribution is 7.91. The SMILES string of the molecule is O=C(O)C1(NS(=O)(=O)c2ccc(-c3ccc(Cl)cc3)s2)CC1(CCO)c1ccccc1. The molecule has 2 unspecified atom stereocenters. The number of sulfonamides is 1. The van der Waals surface area contributed by atoms with E-state index < -0.39 is 26.9 Å². The van der Waals surface area contributed by atoms with Crippen molar-refractivity contribution in [2.75, 3.05) is 6.61 Å². The molecule has 31 heavy (non-hydrogen) atoms. The minimum absolute atomic E-state index is 0.0240. The van der Waals surface area contributed by atoms with Gasteiger partial charge in [-0.3, -0.25) is 4.79 Å². The fourth-order valence-corrected chi connectivity index (χ4v) is 6.99. The van der Waals surface area contributed by atoms with Crippen LogP contribution in [0.1, 0.15) is 18.4 Å². The predicted molar refractivity (Wildman–Crippen MR) is 120 cm³/mol. The van der Waals surface area contributed by atoms with Crippen LogP contribution in [0.4, 0.5) is 0 Å². The van der Waals surface area contributed by atoms with Crippen molar-refractivity contribution in [2.24, 2.45) is 0 Å². The van der Waals surface area contributed by atoms with Gasteiger partial charge in [0.05, 0.1) is 0 Å². The van der Waals surface area contributed by atoms with E-state index in [1.165, 1.54) is 6.07 Å². The lowest BCUT2D eigenvalue weighted by Gasteiger charge is -2.23. The summed E-state index contributed by atoms with van der Waals surface area (Å²) in [6, 6.07) is 19.0. The van der Waals surface area contributed by atoms with Gasteiger partial charge >= 0.3 is 5.97 Å². The molecule has 4 rings (SSSR count). The van der Waals surface area contributed by atoms with Crippen LogP contribution in [0.15, 0.2) is 70.9 Å². The molecule has 2 atom stereocenters. The molecule has 1 aliphatic rings. The number of halogens is 1. The third kappa shape index (κ3) is 3.79. The molecule has 1 heterocycles. The summed E-state index contributed by atoms with van der Waals surface area (Å²) in [5.74, 6) is -1.26. The average molecular weight is 478 g/mol. The van der Waals surface area contributed by atoms with Gasteiger partial charge in [-0.25, -0.2) is 8.42 Å². The number of rotatable bonds is 8. The van der Waals surface area contributed by atoms with Gasteiger partial charge < -0.3 is 10.2 Å². The van der Waals surface area contributed by atoms with Crippen LogP contribution in [0.2, 0.25) is 5.02 Å². The summed E-state index contributed by atoms with van der Waals surface area (Å²) in [6.07, 6.45) is 0.195. The quantitative estimate of drug-likeness (QED) is 0.456. The van der Waals surface area contributed by atoms with Gasteiger partial charge in [-0.2, -0.15) is 4.72 Å². The van der Waals surface area contributed by atoms with Gasteiger partial charge in [0.2, 0.25) is 0 Å². The minimum atomic E-state index is -4.11. The lowest BCUT2D eigenvalue weighted by molar-refractivity contribution is -0.140. The van der Waals surface area contributed by atoms with E-state index in [-0.39, 0.29) is 23.7 Å². The molecule has 3 aromatic rings. The second-order valence-electron chi connectivity index (χ2n) is 7.54. The smallest absolute Gasteiger partial charge is 0.325 e. The van der Waals surface area contributed by atoms with Crippen molar-refractivity contribution >= 4 is 38.9 Å². The van der Waals surface area contributed by atoms with Crippen LogP contribution in [0.25, 0.3) is 10.4 Å². The Bertz CT molecular complexity index is 1210. The minimum Gasteiger partial charge on any atom is -0.480 e. The lowest BCUT2D eigenvalue weighted by atomic mass is 9.88. The van der Waals surface area contributed by atoms with E-state index in [0.717, 1.165) is 21.8 Å². The van der Waals surface area contributed by atoms with E-state index in [1.54, 1.807) is 60.7 Å². The fraction of sp³-hybridized carbons (Fsp3) is 0.227. The van der Waals surface area contributed by atoms with Crippen molar-refractivity contribution in [3.05, 3.63) is 77.3 Å². The highest BCUT2D eigenvalue weighted by atomic mass is 35.5. The lowest BCUT2D eigenvalue weighted by Crippen LogP contribution is -2.48. The van der Waals surface area contributed by atoms with E-state index in [9.17, 15) is 23.4 Å². The molecule has 0 saturated heterocycles. The number of carboxylic acids is 1. The molecule has 162 valence electrons. The highest BCUT2D eigenvalue weighted by Gasteiger charge is 2.74. The molecule has 2 aromatic carbocycles. The fourth-order valence-electron chi connectivity index (χ4n) is 4.12. The number of aliphatic hydroxyl groups is 1. The Balaban J connectivity index is 1.68. The summed E-state index contributed by atoms with van der Waals surface area (Å²) in [5.41, 5.74) is -1.24. The molecule has 1 saturated carbocycles. The van der Waals surface area contributed by atoms with Crippen LogP contribution >= 0.6 is 22.9 Å². The number of aliphatic hydroxyl groups excluding tert-OH is 1. The molecule has 0 spiro atoms. The maximum atomic E-state index is 13.2. The molecule has 0 amide bonds. The third-order valence-corrected chi connectivity index (χ3v) is 9.14. The van der Waals surface area contributed by atoms with Gasteiger partial charge in [0.1, 0.15) is 9.75 Å². The Labute approximate surface area is 189 Å². The van der Waals surface area contributed by atoms with Crippen LogP contribution in [0.5, 0.6) is 0 Å². The summed E-state index contributed by atoms with van der Waals surface area (Å²) < 4.78 is 28.8. The summed E-state index contributed by atoms with van der Waals surface area (Å²) in [4.78, 5) is 13.0. The van der Waals surface area contributed by atoms with Crippen molar-refractivity contribution in [3.8, 4) is 10.4 Å². The largest absolute Gasteiger partial charge is 0.480 e. The first-order valence-corrected chi connectivity index (χ1v) is 12.2. The highest BCUT2D eigenvalue weighted by Crippen LogP contribution is 2.60. The molecule has 6 nitrogen and oxygen atoms in total. The molecule has 1 aromatic heterocycles. The molecule has 0 aliphatic heterocycles. The number of hydrogen-bond donors (Lipinski definition) is 3. The van der Waals surface area contributed by atoms with Gasteiger partial charge in [-0.1, -0.05) is 54.1 Å². The number of benzene rings is 2. The number of carbonyl (C=O) groups is 1. The van der Waals surface area contributed by atoms with Crippen LogP contribution < -0.4 is 4.72 Å². The summed E-state index contributed by atoms with van der Waals surface area (Å²) in [7, 11) is -4.11. The molecule has 1 aliphatic carbocycles. The Morgan fingerprint density at radius 1 is 1.06 bits per heavy atom. The van der Waals surface area contributed by atoms with Crippen molar-refractivity contribution in [1.82, 2.24) is 4.72 Å². The van der Waals surface area contributed by atoms with Crippen molar-refractivity contribution in [1.29, 1.82) is 0 Å². The Hall–Kier alpha value is -2.23. The first kappa shape index (κ1) is 22.0. The first-order valence-electron chi connectivity index (χ1n) is 9.54. The van der Waals surface area contributed by atoms with Crippen molar-refractivity contribution in [3.63, 3.8) is 0 Å². The number of carboxylic acid groups (broad SMARTS) is 1. The Morgan fingerprint density at radius 3 is 2.35 bits per heavy atom. The Kier molecular flexibility index (Phi) is 5.70. The average Bonchev–Trinajstić information content (AvgIpc) is 3.12. The molecule has 1 fully saturated rings. The van der Waals surface area contributed by atoms with Gasteiger partial charge in [0, 0.05) is 21.9 Å². The summed E-state index contributed by atoms with van der Waals surface area (Å²) >= 11 is 6.97. The maximum absolute atomic E-state index is 13.2. The standard InChI is InChI=1S/C22H20ClNO5S2/c23-17-8-6-15(7-9-17)18-10-11-19(30-18)31(28,29)24-22(20(26)27)14-21(22,12-13-25)16-4-2-1-3-5-16/h1-11,24-25H,12-14H2,(H,26,27). The monoisotopic (exact) mass is 477 g/mol. The first-order chi connectivity index (χ1) is 14.7. The zero-order chi connectivity index (χ0) is 22.3. The van der Waals surface area contributed by atoms with Gasteiger partial charge in [0.25, 0.3) is 10.0 Å². The molecule has 0 bridgehead atoms. The zero-order valence-corrected chi connectivity index (χ0v) is 18.7. The second kappa shape index (κ2) is 8.03. The number of aliphatic carboxylic acids is 1. The molecule has 9 heteroatoms. The third-order valence-electron chi connectivity index (χ3n) is 5.77. The summed E-state index contributed by atoms with van der Waals surface area (Å²) in [6.45, 7) is -0.259. The number of thiophene rings is 1. The van der Waals surface area contributed by atoms with Crippen LogP contribution in [-0.4, -0.2) is 36.7 Å². The maximum Gasteiger partial charge on any atom is 0.325 e. The van der Waals surface area contributed by atoms with Crippen LogP contribution in [0, 0.1) is 0 Å². The van der Waals surface area contributed by atoms with E-state index in [4.69, 9.17) is 11.6 Å². The van der Waals surface area contributed by atoms with Gasteiger partial charge in [-0.05, 0) is 48.2 Å². The van der Waals surface area contributed by atoms with E-state index in [0.29, 0.717) is 10.6 Å². The summed E-state index contributed by atoms with van der Waals surface area (Å²) in [5, 5.41) is 20.2. The van der Waals surface area contributed by atoms with Crippen molar-refractivity contribution in [2.45, 2.75) is 28.0 Å².